The summed E-state index contributed by atoms with van der Waals surface area (Å²) in [6.45, 7) is 0. The number of nitrogens with two attached hydrogens (primary N) is 2. The Morgan fingerprint density at radius 1 is 1.46 bits per heavy atom. The number of amides is 1. The minimum absolute atomic E-state index is 0.0729. The Balaban J connectivity index is 3.11. The van der Waals surface area contributed by atoms with Gasteiger partial charge in [-0.25, -0.2) is 4.39 Å². The van der Waals surface area contributed by atoms with Crippen molar-refractivity contribution in [1.82, 2.24) is 0 Å². The Hall–Kier alpha value is -2.02. The summed E-state index contributed by atoms with van der Waals surface area (Å²) in [5.41, 5.74) is 10.3. The van der Waals surface area contributed by atoms with Crippen LogP contribution in [0.25, 0.3) is 0 Å². The molecule has 1 aromatic carbocycles. The van der Waals surface area contributed by atoms with Gasteiger partial charge in [-0.1, -0.05) is 12.0 Å². The summed E-state index contributed by atoms with van der Waals surface area (Å²) >= 11 is 0. The first-order valence-electron chi connectivity index (χ1n) is 3.46. The minimum atomic E-state index is -0.774. The summed E-state index contributed by atoms with van der Waals surface area (Å²) in [6.07, 6.45) is 0. The lowest BCUT2D eigenvalue weighted by molar-refractivity contribution is -0.112. The number of halogens is 1. The third-order valence-electron chi connectivity index (χ3n) is 1.37. The van der Waals surface area contributed by atoms with E-state index in [0.29, 0.717) is 0 Å². The average molecular weight is 178 g/mol. The van der Waals surface area contributed by atoms with Crippen LogP contribution in [-0.2, 0) is 4.79 Å². The van der Waals surface area contributed by atoms with Crippen molar-refractivity contribution >= 4 is 11.6 Å². The fourth-order valence-corrected chi connectivity index (χ4v) is 0.775. The van der Waals surface area contributed by atoms with Crippen molar-refractivity contribution in [3.63, 3.8) is 0 Å². The SMILES string of the molecule is NC(=O)C#Cc1cccc(F)c1N. The Kier molecular flexibility index (Phi) is 2.50. The molecule has 0 saturated heterocycles. The number of rotatable bonds is 0. The molecule has 0 spiro atoms. The van der Waals surface area contributed by atoms with Crippen LogP contribution in [0.4, 0.5) is 10.1 Å². The molecular formula is C9H7FN2O. The van der Waals surface area contributed by atoms with Gasteiger partial charge in [0.2, 0.25) is 0 Å². The van der Waals surface area contributed by atoms with Crippen LogP contribution < -0.4 is 11.5 Å². The van der Waals surface area contributed by atoms with Crippen molar-refractivity contribution in [2.24, 2.45) is 5.73 Å². The highest BCUT2D eigenvalue weighted by molar-refractivity contribution is 5.92. The van der Waals surface area contributed by atoms with Crippen molar-refractivity contribution in [3.05, 3.63) is 29.6 Å². The van der Waals surface area contributed by atoms with Gasteiger partial charge in [-0.2, -0.15) is 0 Å². The van der Waals surface area contributed by atoms with E-state index in [9.17, 15) is 9.18 Å². The Bertz CT molecular complexity index is 404. The van der Waals surface area contributed by atoms with Crippen molar-refractivity contribution in [3.8, 4) is 11.8 Å². The van der Waals surface area contributed by atoms with E-state index in [1.54, 1.807) is 0 Å². The van der Waals surface area contributed by atoms with Gasteiger partial charge < -0.3 is 11.5 Å². The predicted octanol–water partition coefficient (Wildman–Crippen LogP) is 0.245. The molecule has 0 radical (unpaired) electrons. The van der Waals surface area contributed by atoms with Gasteiger partial charge in [-0.05, 0) is 12.1 Å². The number of carbonyl (C=O) groups is 1. The third-order valence-corrected chi connectivity index (χ3v) is 1.37. The zero-order valence-corrected chi connectivity index (χ0v) is 6.67. The average Bonchev–Trinajstić information content (AvgIpc) is 2.07. The monoisotopic (exact) mass is 178 g/mol. The number of primary amides is 1. The van der Waals surface area contributed by atoms with E-state index in [1.807, 2.05) is 0 Å². The van der Waals surface area contributed by atoms with Crippen molar-refractivity contribution in [2.45, 2.75) is 0 Å². The molecule has 0 aliphatic rings. The van der Waals surface area contributed by atoms with Gasteiger partial charge in [0.25, 0.3) is 5.91 Å². The van der Waals surface area contributed by atoms with E-state index >= 15 is 0 Å². The van der Waals surface area contributed by atoms with E-state index in [1.165, 1.54) is 18.2 Å². The topological polar surface area (TPSA) is 69.1 Å². The van der Waals surface area contributed by atoms with Gasteiger partial charge in [0.15, 0.2) is 0 Å². The molecule has 0 bridgehead atoms. The van der Waals surface area contributed by atoms with Crippen LogP contribution >= 0.6 is 0 Å². The maximum absolute atomic E-state index is 12.8. The zero-order chi connectivity index (χ0) is 9.84. The number of hydrogen-bond donors (Lipinski definition) is 2. The van der Waals surface area contributed by atoms with Crippen LogP contribution in [0.2, 0.25) is 0 Å². The molecule has 0 aliphatic heterocycles. The number of benzene rings is 1. The van der Waals surface area contributed by atoms with Gasteiger partial charge in [-0.15, -0.1) is 0 Å². The van der Waals surface area contributed by atoms with Gasteiger partial charge in [0.1, 0.15) is 5.82 Å². The largest absolute Gasteiger partial charge is 0.395 e. The normalized spacial score (nSPS) is 8.69. The fraction of sp³-hybridized carbons (Fsp3) is 0. The highest BCUT2D eigenvalue weighted by Gasteiger charge is 2.00. The van der Waals surface area contributed by atoms with Crippen molar-refractivity contribution < 1.29 is 9.18 Å². The Labute approximate surface area is 74.5 Å². The van der Waals surface area contributed by atoms with E-state index in [4.69, 9.17) is 11.5 Å². The highest BCUT2D eigenvalue weighted by Crippen LogP contribution is 2.13. The van der Waals surface area contributed by atoms with Gasteiger partial charge in [0.05, 0.1) is 11.3 Å². The summed E-state index contributed by atoms with van der Waals surface area (Å²) in [5, 5.41) is 0. The van der Waals surface area contributed by atoms with Crippen molar-refractivity contribution in [2.75, 3.05) is 5.73 Å². The maximum Gasteiger partial charge on any atom is 0.293 e. The van der Waals surface area contributed by atoms with Gasteiger partial charge in [-0.3, -0.25) is 4.79 Å². The van der Waals surface area contributed by atoms with Crippen LogP contribution in [0, 0.1) is 17.7 Å². The second-order valence-electron chi connectivity index (χ2n) is 2.32. The van der Waals surface area contributed by atoms with Crippen LogP contribution in [0.1, 0.15) is 5.56 Å². The number of carbonyl (C=O) groups excluding carboxylic acids is 1. The summed E-state index contributed by atoms with van der Waals surface area (Å²) < 4.78 is 12.8. The molecule has 13 heavy (non-hydrogen) atoms. The fourth-order valence-electron chi connectivity index (χ4n) is 0.775. The number of para-hydroxylation sites is 1. The van der Waals surface area contributed by atoms with Crippen LogP contribution in [0.3, 0.4) is 0 Å². The molecular weight excluding hydrogens is 171 g/mol. The number of nitrogen functional groups attached to an aromatic ring is 1. The molecule has 4 heteroatoms. The Morgan fingerprint density at radius 3 is 2.77 bits per heavy atom. The second kappa shape index (κ2) is 3.59. The molecule has 4 N–H and O–H groups in total. The summed E-state index contributed by atoms with van der Waals surface area (Å²) in [7, 11) is 0. The van der Waals surface area contributed by atoms with Crippen LogP contribution in [0.5, 0.6) is 0 Å². The molecule has 0 fully saturated rings. The smallest absolute Gasteiger partial charge is 0.293 e. The van der Waals surface area contributed by atoms with E-state index < -0.39 is 11.7 Å². The molecule has 1 rings (SSSR count). The lowest BCUT2D eigenvalue weighted by Gasteiger charge is -1.97. The molecule has 1 aromatic rings. The molecule has 0 aliphatic carbocycles. The third kappa shape index (κ3) is 2.20. The van der Waals surface area contributed by atoms with E-state index in [0.717, 1.165) is 0 Å². The molecule has 0 unspecified atom stereocenters. The van der Waals surface area contributed by atoms with Crippen molar-refractivity contribution in [1.29, 1.82) is 0 Å². The molecule has 0 heterocycles. The zero-order valence-electron chi connectivity index (χ0n) is 6.67. The summed E-state index contributed by atoms with van der Waals surface area (Å²) in [4.78, 5) is 10.3. The first-order valence-corrected chi connectivity index (χ1v) is 3.46. The quantitative estimate of drug-likeness (QED) is 0.441. The highest BCUT2D eigenvalue weighted by atomic mass is 19.1. The molecule has 0 aromatic heterocycles. The van der Waals surface area contributed by atoms with Crippen LogP contribution in [0.15, 0.2) is 18.2 Å². The van der Waals surface area contributed by atoms with E-state index in [2.05, 4.69) is 11.8 Å². The molecule has 1 amide bonds. The lowest BCUT2D eigenvalue weighted by atomic mass is 10.2. The predicted molar refractivity (Wildman–Crippen MR) is 46.9 cm³/mol. The summed E-state index contributed by atoms with van der Waals surface area (Å²) in [5.74, 6) is 3.10. The maximum atomic E-state index is 12.8. The first-order chi connectivity index (χ1) is 6.11. The lowest BCUT2D eigenvalue weighted by Crippen LogP contribution is -2.06. The molecule has 66 valence electrons. The Morgan fingerprint density at radius 2 is 2.15 bits per heavy atom. The standard InChI is InChI=1S/C9H7FN2O/c10-7-3-1-2-6(9(7)12)4-5-8(11)13/h1-3H,12H2,(H2,11,13). The number of hydrogen-bond acceptors (Lipinski definition) is 2. The summed E-state index contributed by atoms with van der Waals surface area (Å²) in [6, 6.07) is 4.18. The molecule has 0 atom stereocenters. The van der Waals surface area contributed by atoms with E-state index in [-0.39, 0.29) is 11.3 Å². The molecule has 0 saturated carbocycles. The van der Waals surface area contributed by atoms with Gasteiger partial charge in [0, 0.05) is 5.92 Å². The second-order valence-corrected chi connectivity index (χ2v) is 2.32. The molecule has 3 nitrogen and oxygen atoms in total. The number of anilines is 1. The van der Waals surface area contributed by atoms with Crippen LogP contribution in [-0.4, -0.2) is 5.91 Å². The van der Waals surface area contributed by atoms with Gasteiger partial charge >= 0.3 is 0 Å². The first kappa shape index (κ1) is 9.07. The minimum Gasteiger partial charge on any atom is -0.395 e.